The number of aromatic nitrogens is 2. The summed E-state index contributed by atoms with van der Waals surface area (Å²) in [7, 11) is 0. The van der Waals surface area contributed by atoms with E-state index < -0.39 is 0 Å². The van der Waals surface area contributed by atoms with Gasteiger partial charge in [-0.15, -0.1) is 10.2 Å². The molecule has 0 saturated heterocycles. The van der Waals surface area contributed by atoms with Gasteiger partial charge in [-0.25, -0.2) is 4.39 Å². The Morgan fingerprint density at radius 3 is 2.65 bits per heavy atom. The van der Waals surface area contributed by atoms with Gasteiger partial charge in [-0.05, 0) is 42.3 Å². The highest BCUT2D eigenvalue weighted by Gasteiger charge is 2.15. The van der Waals surface area contributed by atoms with E-state index in [-0.39, 0.29) is 16.9 Å². The van der Waals surface area contributed by atoms with Crippen LogP contribution in [0.25, 0.3) is 0 Å². The fraction of sp³-hybridized carbons (Fsp3) is 0.105. The number of carbonyl (C=O) groups excluding carboxylic acids is 1. The third-order valence-electron chi connectivity index (χ3n) is 3.52. The summed E-state index contributed by atoms with van der Waals surface area (Å²) in [6.45, 7) is 0.373. The predicted molar refractivity (Wildman–Crippen MR) is 100 cm³/mol. The van der Waals surface area contributed by atoms with Gasteiger partial charge in [0.1, 0.15) is 10.8 Å². The Morgan fingerprint density at radius 1 is 1.08 bits per heavy atom. The monoisotopic (exact) mass is 387 g/mol. The average Bonchev–Trinajstić information content (AvgIpc) is 2.64. The number of nitrogens with zero attached hydrogens (tertiary/aromatic N) is 2. The lowest BCUT2D eigenvalue weighted by Gasteiger charge is -2.09. The van der Waals surface area contributed by atoms with Gasteiger partial charge >= 0.3 is 0 Å². The van der Waals surface area contributed by atoms with Crippen molar-refractivity contribution in [1.82, 2.24) is 15.5 Å². The summed E-state index contributed by atoms with van der Waals surface area (Å²) in [5, 5.41) is 11.3. The van der Waals surface area contributed by atoms with E-state index in [9.17, 15) is 9.18 Å². The summed E-state index contributed by atoms with van der Waals surface area (Å²) in [5.41, 5.74) is 1.17. The van der Waals surface area contributed by atoms with Crippen molar-refractivity contribution in [2.75, 3.05) is 6.54 Å². The van der Waals surface area contributed by atoms with Crippen LogP contribution >= 0.6 is 23.4 Å². The molecule has 1 amide bonds. The SMILES string of the molecule is O=C(NCCc1cccc(F)c1)c1cc(Cl)nnc1Sc1ccccc1. The molecule has 0 fully saturated rings. The highest BCUT2D eigenvalue weighted by atomic mass is 35.5. The molecule has 1 aromatic heterocycles. The molecule has 0 bridgehead atoms. The number of benzene rings is 2. The second-order valence-corrected chi connectivity index (χ2v) is 6.89. The molecule has 7 heteroatoms. The Labute approximate surface area is 159 Å². The van der Waals surface area contributed by atoms with E-state index in [1.807, 2.05) is 36.4 Å². The van der Waals surface area contributed by atoms with Gasteiger partial charge in [0.05, 0.1) is 5.56 Å². The molecular formula is C19H15ClFN3OS. The molecule has 0 atom stereocenters. The van der Waals surface area contributed by atoms with Crippen LogP contribution in [-0.4, -0.2) is 22.6 Å². The van der Waals surface area contributed by atoms with Gasteiger partial charge in [0, 0.05) is 11.4 Å². The molecule has 3 aromatic rings. The van der Waals surface area contributed by atoms with Crippen LogP contribution in [0.3, 0.4) is 0 Å². The van der Waals surface area contributed by atoms with E-state index in [2.05, 4.69) is 15.5 Å². The first-order valence-corrected chi connectivity index (χ1v) is 9.10. The largest absolute Gasteiger partial charge is 0.352 e. The highest BCUT2D eigenvalue weighted by molar-refractivity contribution is 7.99. The fourth-order valence-corrected chi connectivity index (χ4v) is 3.31. The molecule has 0 aliphatic heterocycles. The molecular weight excluding hydrogens is 373 g/mol. The summed E-state index contributed by atoms with van der Waals surface area (Å²) >= 11 is 7.25. The zero-order chi connectivity index (χ0) is 18.4. The zero-order valence-electron chi connectivity index (χ0n) is 13.7. The summed E-state index contributed by atoms with van der Waals surface area (Å²) in [6.07, 6.45) is 0.525. The summed E-state index contributed by atoms with van der Waals surface area (Å²) in [6, 6.07) is 17.4. The lowest BCUT2D eigenvalue weighted by molar-refractivity contribution is 0.0950. The Bertz CT molecular complexity index is 908. The first kappa shape index (κ1) is 18.4. The maximum absolute atomic E-state index is 13.2. The molecule has 4 nitrogen and oxygen atoms in total. The second kappa shape index (κ2) is 8.78. The lowest BCUT2D eigenvalue weighted by Crippen LogP contribution is -2.26. The van der Waals surface area contributed by atoms with Crippen molar-refractivity contribution >= 4 is 29.3 Å². The van der Waals surface area contributed by atoms with E-state index >= 15 is 0 Å². The number of carbonyl (C=O) groups is 1. The van der Waals surface area contributed by atoms with Crippen molar-refractivity contribution in [1.29, 1.82) is 0 Å². The summed E-state index contributed by atoms with van der Waals surface area (Å²) < 4.78 is 13.2. The van der Waals surface area contributed by atoms with E-state index in [0.29, 0.717) is 23.6 Å². The van der Waals surface area contributed by atoms with E-state index in [1.54, 1.807) is 6.07 Å². The molecule has 0 aliphatic carbocycles. The first-order valence-electron chi connectivity index (χ1n) is 7.90. The van der Waals surface area contributed by atoms with Crippen molar-refractivity contribution in [3.05, 3.63) is 82.8 Å². The molecule has 1 N–H and O–H groups in total. The minimum Gasteiger partial charge on any atom is -0.352 e. The Hall–Kier alpha value is -2.44. The van der Waals surface area contributed by atoms with Crippen LogP contribution in [-0.2, 0) is 6.42 Å². The van der Waals surface area contributed by atoms with Crippen molar-refractivity contribution in [3.8, 4) is 0 Å². The number of amides is 1. The van der Waals surface area contributed by atoms with E-state index in [0.717, 1.165) is 10.5 Å². The number of halogens is 2. The molecule has 0 radical (unpaired) electrons. The average molecular weight is 388 g/mol. The molecule has 1 heterocycles. The number of nitrogens with one attached hydrogen (secondary N) is 1. The van der Waals surface area contributed by atoms with Gasteiger partial charge in [0.25, 0.3) is 5.91 Å². The smallest absolute Gasteiger partial charge is 0.254 e. The Kier molecular flexibility index (Phi) is 6.20. The van der Waals surface area contributed by atoms with Gasteiger partial charge in [-0.2, -0.15) is 0 Å². The van der Waals surface area contributed by atoms with Crippen LogP contribution < -0.4 is 5.32 Å². The molecule has 0 saturated carbocycles. The van der Waals surface area contributed by atoms with Gasteiger partial charge in [0.15, 0.2) is 5.15 Å². The maximum Gasteiger partial charge on any atom is 0.254 e. The van der Waals surface area contributed by atoms with Crippen molar-refractivity contribution in [2.45, 2.75) is 16.3 Å². The van der Waals surface area contributed by atoms with E-state index in [4.69, 9.17) is 11.6 Å². The van der Waals surface area contributed by atoms with Crippen LogP contribution in [0.2, 0.25) is 5.15 Å². The molecule has 0 unspecified atom stereocenters. The maximum atomic E-state index is 13.2. The molecule has 0 aliphatic rings. The van der Waals surface area contributed by atoms with Crippen molar-refractivity contribution in [3.63, 3.8) is 0 Å². The topological polar surface area (TPSA) is 54.9 Å². The Balaban J connectivity index is 1.69. The minimum absolute atomic E-state index is 0.151. The zero-order valence-corrected chi connectivity index (χ0v) is 15.2. The van der Waals surface area contributed by atoms with Gasteiger partial charge in [-0.1, -0.05) is 53.7 Å². The summed E-state index contributed by atoms with van der Waals surface area (Å²) in [4.78, 5) is 13.5. The van der Waals surface area contributed by atoms with Crippen LogP contribution in [0.4, 0.5) is 4.39 Å². The normalized spacial score (nSPS) is 10.5. The Morgan fingerprint density at radius 2 is 1.88 bits per heavy atom. The number of rotatable bonds is 6. The molecule has 0 spiro atoms. The van der Waals surface area contributed by atoms with Gasteiger partial charge < -0.3 is 5.32 Å². The molecule has 2 aromatic carbocycles. The number of hydrogen-bond donors (Lipinski definition) is 1. The van der Waals surface area contributed by atoms with Crippen molar-refractivity contribution in [2.24, 2.45) is 0 Å². The molecule has 132 valence electrons. The third-order valence-corrected chi connectivity index (χ3v) is 4.71. The second-order valence-electron chi connectivity index (χ2n) is 5.44. The van der Waals surface area contributed by atoms with Crippen LogP contribution in [0.5, 0.6) is 0 Å². The van der Waals surface area contributed by atoms with Gasteiger partial charge in [0.2, 0.25) is 0 Å². The van der Waals surface area contributed by atoms with Crippen LogP contribution in [0.1, 0.15) is 15.9 Å². The lowest BCUT2D eigenvalue weighted by atomic mass is 10.1. The highest BCUT2D eigenvalue weighted by Crippen LogP contribution is 2.29. The first-order chi connectivity index (χ1) is 12.6. The van der Waals surface area contributed by atoms with Gasteiger partial charge in [-0.3, -0.25) is 4.79 Å². The predicted octanol–water partition coefficient (Wildman–Crippen LogP) is 4.39. The van der Waals surface area contributed by atoms with Crippen molar-refractivity contribution < 1.29 is 9.18 Å². The van der Waals surface area contributed by atoms with Crippen LogP contribution in [0, 0.1) is 5.82 Å². The summed E-state index contributed by atoms with van der Waals surface area (Å²) in [5.74, 6) is -0.586. The third kappa shape index (κ3) is 5.03. The standard InChI is InChI=1S/C19H15ClFN3OS/c20-17-12-16(19(24-23-17)26-15-7-2-1-3-8-15)18(25)22-10-9-13-5-4-6-14(21)11-13/h1-8,11-12H,9-10H2,(H,22,25). The quantitative estimate of drug-likeness (QED) is 0.681. The van der Waals surface area contributed by atoms with Crippen LogP contribution in [0.15, 0.2) is 70.6 Å². The fourth-order valence-electron chi connectivity index (χ4n) is 2.30. The number of hydrogen-bond acceptors (Lipinski definition) is 4. The molecule has 26 heavy (non-hydrogen) atoms. The molecule has 3 rings (SSSR count). The van der Waals surface area contributed by atoms with E-state index in [1.165, 1.54) is 30.0 Å². The minimum atomic E-state index is -0.295.